The predicted molar refractivity (Wildman–Crippen MR) is 82.2 cm³/mol. The van der Waals surface area contributed by atoms with Gasteiger partial charge in [-0.1, -0.05) is 0 Å². The van der Waals surface area contributed by atoms with E-state index in [1.54, 1.807) is 12.0 Å². The molecule has 1 aromatic carbocycles. The van der Waals surface area contributed by atoms with Gasteiger partial charge in [0.2, 0.25) is 0 Å². The quantitative estimate of drug-likeness (QED) is 0.853. The van der Waals surface area contributed by atoms with Crippen molar-refractivity contribution in [1.29, 1.82) is 0 Å². The summed E-state index contributed by atoms with van der Waals surface area (Å²) in [5.41, 5.74) is 0.245. The highest BCUT2D eigenvalue weighted by Crippen LogP contribution is 2.43. The molecule has 1 spiro atoms. The Morgan fingerprint density at radius 1 is 1.35 bits per heavy atom. The molecular weight excluding hydrogens is 302 g/mol. The Hall–Kier alpha value is -1.53. The van der Waals surface area contributed by atoms with Crippen molar-refractivity contribution in [2.75, 3.05) is 46.9 Å². The normalized spacial score (nSPS) is 28.0. The lowest BCUT2D eigenvalue weighted by Crippen LogP contribution is -2.38. The van der Waals surface area contributed by atoms with Crippen LogP contribution in [0.2, 0.25) is 0 Å². The van der Waals surface area contributed by atoms with Gasteiger partial charge in [-0.05, 0) is 31.7 Å². The molecule has 0 radical (unpaired) electrons. The van der Waals surface area contributed by atoms with Crippen molar-refractivity contribution in [3.05, 3.63) is 35.4 Å². The molecule has 3 rings (SSSR count). The number of hydrogen-bond donors (Lipinski definition) is 0. The molecule has 1 amide bonds. The Morgan fingerprint density at radius 3 is 2.83 bits per heavy atom. The Kier molecular flexibility index (Phi) is 4.38. The van der Waals surface area contributed by atoms with E-state index in [1.165, 1.54) is 6.07 Å². The number of amides is 1. The molecule has 2 fully saturated rings. The number of halogens is 2. The van der Waals surface area contributed by atoms with Crippen molar-refractivity contribution in [2.45, 2.75) is 6.42 Å². The van der Waals surface area contributed by atoms with E-state index in [9.17, 15) is 13.6 Å². The minimum absolute atomic E-state index is 0.0407. The van der Waals surface area contributed by atoms with Crippen LogP contribution in [0.15, 0.2) is 18.2 Å². The number of carbonyl (C=O) groups is 1. The fourth-order valence-electron chi connectivity index (χ4n) is 4.07. The summed E-state index contributed by atoms with van der Waals surface area (Å²) in [6.45, 7) is 3.86. The first kappa shape index (κ1) is 16.3. The zero-order valence-corrected chi connectivity index (χ0v) is 13.5. The molecule has 6 heteroatoms. The third kappa shape index (κ3) is 2.97. The molecule has 4 nitrogen and oxygen atoms in total. The van der Waals surface area contributed by atoms with Crippen LogP contribution in [0.25, 0.3) is 0 Å². The summed E-state index contributed by atoms with van der Waals surface area (Å²) in [5, 5.41) is 0. The SMILES string of the molecule is COC[C@@H]1CN(C)C[C@]12CCN(C(=O)c1ccc(F)c(F)c1)C2. The van der Waals surface area contributed by atoms with Crippen LogP contribution < -0.4 is 0 Å². The van der Waals surface area contributed by atoms with Gasteiger partial charge >= 0.3 is 0 Å². The first-order chi connectivity index (χ1) is 10.9. The number of methoxy groups -OCH3 is 1. The van der Waals surface area contributed by atoms with Gasteiger partial charge in [0.05, 0.1) is 6.61 Å². The van der Waals surface area contributed by atoms with Gasteiger partial charge in [-0.25, -0.2) is 8.78 Å². The minimum Gasteiger partial charge on any atom is -0.384 e. The van der Waals surface area contributed by atoms with Crippen molar-refractivity contribution in [2.24, 2.45) is 11.3 Å². The minimum atomic E-state index is -0.984. The lowest BCUT2D eigenvalue weighted by atomic mass is 9.77. The number of benzene rings is 1. The molecule has 23 heavy (non-hydrogen) atoms. The van der Waals surface area contributed by atoms with Crippen LogP contribution in [0.5, 0.6) is 0 Å². The molecule has 2 saturated heterocycles. The summed E-state index contributed by atoms with van der Waals surface area (Å²) in [4.78, 5) is 16.6. The van der Waals surface area contributed by atoms with Crippen LogP contribution in [0.1, 0.15) is 16.8 Å². The first-order valence-electron chi connectivity index (χ1n) is 7.87. The average molecular weight is 324 g/mol. The fraction of sp³-hybridized carbons (Fsp3) is 0.588. The number of likely N-dealkylation sites (tertiary alicyclic amines) is 2. The number of ether oxygens (including phenoxy) is 1. The molecular formula is C17H22F2N2O2. The molecule has 0 bridgehead atoms. The molecule has 2 heterocycles. The van der Waals surface area contributed by atoms with E-state index in [-0.39, 0.29) is 16.9 Å². The van der Waals surface area contributed by atoms with Crippen LogP contribution in [0, 0.1) is 23.0 Å². The summed E-state index contributed by atoms with van der Waals surface area (Å²) in [6.07, 6.45) is 0.917. The third-order valence-corrected chi connectivity index (χ3v) is 5.19. The number of carbonyl (C=O) groups excluding carboxylic acids is 1. The Balaban J connectivity index is 1.76. The monoisotopic (exact) mass is 324 g/mol. The molecule has 0 aliphatic carbocycles. The van der Waals surface area contributed by atoms with Crippen LogP contribution >= 0.6 is 0 Å². The maximum atomic E-state index is 13.4. The summed E-state index contributed by atoms with van der Waals surface area (Å²) >= 11 is 0. The number of nitrogens with zero attached hydrogens (tertiary/aromatic N) is 2. The Morgan fingerprint density at radius 2 is 2.13 bits per heavy atom. The van der Waals surface area contributed by atoms with Crippen LogP contribution in [-0.4, -0.2) is 62.7 Å². The molecule has 2 aliphatic rings. The van der Waals surface area contributed by atoms with Crippen molar-refractivity contribution >= 4 is 5.91 Å². The fourth-order valence-corrected chi connectivity index (χ4v) is 4.07. The highest BCUT2D eigenvalue weighted by Gasteiger charge is 2.50. The van der Waals surface area contributed by atoms with Gasteiger partial charge < -0.3 is 14.5 Å². The molecule has 0 saturated carbocycles. The standard InChI is InChI=1S/C17H22F2N2O2/c1-20-8-13(9-23-2)17(10-20)5-6-21(11-17)16(22)12-3-4-14(18)15(19)7-12/h3-4,7,13H,5-6,8-11H2,1-2H3/t13-,17-/m0/s1. The summed E-state index contributed by atoms with van der Waals surface area (Å²) in [6, 6.07) is 3.33. The van der Waals surface area contributed by atoms with E-state index in [0.29, 0.717) is 25.6 Å². The Bertz CT molecular complexity index is 610. The van der Waals surface area contributed by atoms with Gasteiger partial charge in [0, 0.05) is 50.2 Å². The van der Waals surface area contributed by atoms with E-state index in [2.05, 4.69) is 11.9 Å². The maximum Gasteiger partial charge on any atom is 0.253 e. The summed E-state index contributed by atoms with van der Waals surface area (Å²) in [7, 11) is 3.78. The van der Waals surface area contributed by atoms with Gasteiger partial charge in [0.15, 0.2) is 11.6 Å². The number of hydrogen-bond acceptors (Lipinski definition) is 3. The van der Waals surface area contributed by atoms with Crippen molar-refractivity contribution in [3.63, 3.8) is 0 Å². The smallest absolute Gasteiger partial charge is 0.253 e. The zero-order chi connectivity index (χ0) is 16.6. The van der Waals surface area contributed by atoms with E-state index in [0.717, 1.165) is 31.6 Å². The largest absolute Gasteiger partial charge is 0.384 e. The van der Waals surface area contributed by atoms with Crippen molar-refractivity contribution in [3.8, 4) is 0 Å². The average Bonchev–Trinajstić information content (AvgIpc) is 3.06. The predicted octanol–water partition coefficient (Wildman–Crippen LogP) is 2.01. The topological polar surface area (TPSA) is 32.8 Å². The second-order valence-electron chi connectivity index (χ2n) is 6.82. The first-order valence-corrected chi connectivity index (χ1v) is 7.87. The molecule has 1 aromatic rings. The lowest BCUT2D eigenvalue weighted by Gasteiger charge is -2.30. The number of rotatable bonds is 3. The summed E-state index contributed by atoms with van der Waals surface area (Å²) in [5.74, 6) is -1.76. The highest BCUT2D eigenvalue weighted by atomic mass is 19.2. The van der Waals surface area contributed by atoms with Crippen LogP contribution in [0.3, 0.4) is 0 Å². The van der Waals surface area contributed by atoms with Crippen molar-refractivity contribution in [1.82, 2.24) is 9.80 Å². The Labute approximate surface area is 135 Å². The van der Waals surface area contributed by atoms with Gasteiger partial charge in [-0.3, -0.25) is 4.79 Å². The highest BCUT2D eigenvalue weighted by molar-refractivity contribution is 5.94. The van der Waals surface area contributed by atoms with Crippen LogP contribution in [0.4, 0.5) is 8.78 Å². The molecule has 0 unspecified atom stereocenters. The van der Waals surface area contributed by atoms with E-state index < -0.39 is 11.6 Å². The molecule has 0 N–H and O–H groups in total. The molecule has 2 aliphatic heterocycles. The molecule has 126 valence electrons. The van der Waals surface area contributed by atoms with Gasteiger partial charge in [-0.15, -0.1) is 0 Å². The van der Waals surface area contributed by atoms with Crippen molar-refractivity contribution < 1.29 is 18.3 Å². The third-order valence-electron chi connectivity index (χ3n) is 5.19. The van der Waals surface area contributed by atoms with Gasteiger partial charge in [0.1, 0.15) is 0 Å². The molecule has 0 aromatic heterocycles. The van der Waals surface area contributed by atoms with Crippen LogP contribution in [-0.2, 0) is 4.74 Å². The zero-order valence-electron chi connectivity index (χ0n) is 13.5. The van der Waals surface area contributed by atoms with E-state index in [4.69, 9.17) is 4.74 Å². The maximum absolute atomic E-state index is 13.4. The lowest BCUT2D eigenvalue weighted by molar-refractivity contribution is 0.0715. The second kappa shape index (κ2) is 6.17. The van der Waals surface area contributed by atoms with Gasteiger partial charge in [0.25, 0.3) is 5.91 Å². The summed E-state index contributed by atoms with van der Waals surface area (Å²) < 4.78 is 31.8. The van der Waals surface area contributed by atoms with E-state index >= 15 is 0 Å². The molecule has 2 atom stereocenters. The van der Waals surface area contributed by atoms with E-state index in [1.807, 2.05) is 0 Å². The van der Waals surface area contributed by atoms with Gasteiger partial charge in [-0.2, -0.15) is 0 Å². The second-order valence-corrected chi connectivity index (χ2v) is 6.82.